The third kappa shape index (κ3) is 5.27. The van der Waals surface area contributed by atoms with E-state index in [1.807, 2.05) is 30.3 Å². The van der Waals surface area contributed by atoms with E-state index in [1.54, 1.807) is 12.4 Å². The van der Waals surface area contributed by atoms with Crippen LogP contribution in [0.15, 0.2) is 48.8 Å². The lowest BCUT2D eigenvalue weighted by Crippen LogP contribution is -2.35. The molecule has 2 amide bonds. The number of urea groups is 1. The van der Waals surface area contributed by atoms with E-state index in [9.17, 15) is 9.90 Å². The van der Waals surface area contributed by atoms with Gasteiger partial charge in [0.25, 0.3) is 0 Å². The summed E-state index contributed by atoms with van der Waals surface area (Å²) in [7, 11) is 0. The molecule has 0 saturated carbocycles. The number of rotatable bonds is 6. The highest BCUT2D eigenvalue weighted by Crippen LogP contribution is 2.16. The van der Waals surface area contributed by atoms with Crippen LogP contribution in [0.1, 0.15) is 23.1 Å². The summed E-state index contributed by atoms with van der Waals surface area (Å²) in [6, 6.07) is 11.7. The molecule has 0 unspecified atom stereocenters. The van der Waals surface area contributed by atoms with E-state index in [2.05, 4.69) is 26.6 Å². The van der Waals surface area contributed by atoms with Gasteiger partial charge < -0.3 is 15.7 Å². The minimum atomic E-state index is -0.219. The zero-order valence-electron chi connectivity index (χ0n) is 14.2. The molecule has 1 aliphatic rings. The highest BCUT2D eigenvalue weighted by molar-refractivity contribution is 5.73. The summed E-state index contributed by atoms with van der Waals surface area (Å²) in [4.78, 5) is 18.3. The summed E-state index contributed by atoms with van der Waals surface area (Å²) < 4.78 is 0. The third-order valence-corrected chi connectivity index (χ3v) is 4.38. The van der Waals surface area contributed by atoms with E-state index in [-0.39, 0.29) is 12.1 Å². The number of hydrogen-bond acceptors (Lipinski definition) is 4. The Balaban J connectivity index is 1.50. The first-order valence-corrected chi connectivity index (χ1v) is 8.58. The van der Waals surface area contributed by atoms with Gasteiger partial charge in [-0.15, -0.1) is 0 Å². The van der Waals surface area contributed by atoms with Crippen LogP contribution in [-0.2, 0) is 19.6 Å². The maximum atomic E-state index is 12.0. The Morgan fingerprint density at radius 3 is 2.68 bits per heavy atom. The highest BCUT2D eigenvalue weighted by atomic mass is 16.3. The Hall–Kier alpha value is -2.44. The fourth-order valence-corrected chi connectivity index (χ4v) is 3.00. The maximum absolute atomic E-state index is 12.0. The number of carbonyl (C=O) groups is 1. The number of pyridine rings is 1. The van der Waals surface area contributed by atoms with E-state index in [1.165, 1.54) is 5.56 Å². The molecule has 0 radical (unpaired) electrons. The molecule has 6 nitrogen and oxygen atoms in total. The molecule has 1 atom stereocenters. The van der Waals surface area contributed by atoms with Gasteiger partial charge >= 0.3 is 6.03 Å². The van der Waals surface area contributed by atoms with Crippen molar-refractivity contribution in [1.29, 1.82) is 0 Å². The van der Waals surface area contributed by atoms with Gasteiger partial charge in [-0.1, -0.05) is 30.3 Å². The van der Waals surface area contributed by atoms with Gasteiger partial charge in [0.15, 0.2) is 0 Å². The van der Waals surface area contributed by atoms with E-state index < -0.39 is 0 Å². The van der Waals surface area contributed by atoms with Crippen LogP contribution in [0, 0.1) is 0 Å². The number of carbonyl (C=O) groups excluding carboxylic acids is 1. The standard InChI is InChI=1S/C19H24N4O2/c24-18-7-9-23(14-18)13-17-6-2-1-5-16(17)12-22-19(25)21-11-15-4-3-8-20-10-15/h1-6,8,10,18,24H,7,9,11-14H2,(H2,21,22,25)/t18-/m1/s1. The van der Waals surface area contributed by atoms with Crippen molar-refractivity contribution in [3.63, 3.8) is 0 Å². The Bertz CT molecular complexity index is 693. The average Bonchev–Trinajstić information content (AvgIpc) is 3.05. The zero-order valence-corrected chi connectivity index (χ0v) is 14.2. The topological polar surface area (TPSA) is 77.5 Å². The van der Waals surface area contributed by atoms with Gasteiger partial charge in [-0.3, -0.25) is 9.88 Å². The molecule has 3 rings (SSSR count). The molecule has 0 spiro atoms. The van der Waals surface area contributed by atoms with Crippen LogP contribution in [0.3, 0.4) is 0 Å². The second-order valence-electron chi connectivity index (χ2n) is 6.34. The Morgan fingerprint density at radius 2 is 1.96 bits per heavy atom. The van der Waals surface area contributed by atoms with Gasteiger partial charge in [0.2, 0.25) is 0 Å². The molecule has 0 aliphatic carbocycles. The van der Waals surface area contributed by atoms with E-state index in [0.29, 0.717) is 19.6 Å². The largest absolute Gasteiger partial charge is 0.392 e. The maximum Gasteiger partial charge on any atom is 0.315 e. The lowest BCUT2D eigenvalue weighted by molar-refractivity contribution is 0.174. The van der Waals surface area contributed by atoms with Crippen molar-refractivity contribution in [2.75, 3.05) is 13.1 Å². The van der Waals surface area contributed by atoms with Gasteiger partial charge in [-0.25, -0.2) is 4.79 Å². The van der Waals surface area contributed by atoms with Gasteiger partial charge in [0.05, 0.1) is 6.10 Å². The molecule has 0 bridgehead atoms. The SMILES string of the molecule is O=C(NCc1cccnc1)NCc1ccccc1CN1CC[C@@H](O)C1. The number of aliphatic hydroxyl groups excluding tert-OH is 1. The molecule has 1 aromatic carbocycles. The lowest BCUT2D eigenvalue weighted by Gasteiger charge is -2.18. The molecule has 2 heterocycles. The van der Waals surface area contributed by atoms with Crippen LogP contribution < -0.4 is 10.6 Å². The second kappa shape index (κ2) is 8.60. The number of nitrogens with one attached hydrogen (secondary N) is 2. The number of β-amino-alcohol motifs (C(OH)–C–C–N with tert-alkyl or cyclic N) is 1. The minimum absolute atomic E-state index is 0.199. The first-order chi connectivity index (χ1) is 12.2. The predicted molar refractivity (Wildman–Crippen MR) is 95.7 cm³/mol. The van der Waals surface area contributed by atoms with Crippen LogP contribution in [0.4, 0.5) is 4.79 Å². The number of likely N-dealkylation sites (tertiary alicyclic amines) is 1. The quantitative estimate of drug-likeness (QED) is 0.747. The molecule has 2 aromatic rings. The van der Waals surface area contributed by atoms with Crippen molar-refractivity contribution >= 4 is 6.03 Å². The zero-order chi connectivity index (χ0) is 17.5. The fourth-order valence-electron chi connectivity index (χ4n) is 3.00. The van der Waals surface area contributed by atoms with Crippen LogP contribution in [0.2, 0.25) is 0 Å². The molecular weight excluding hydrogens is 316 g/mol. The first kappa shape index (κ1) is 17.4. The van der Waals surface area contributed by atoms with Crippen molar-refractivity contribution in [3.8, 4) is 0 Å². The van der Waals surface area contributed by atoms with E-state index >= 15 is 0 Å². The summed E-state index contributed by atoms with van der Waals surface area (Å²) >= 11 is 0. The number of amides is 2. The van der Waals surface area contributed by atoms with Crippen molar-refractivity contribution in [2.45, 2.75) is 32.2 Å². The fraction of sp³-hybridized carbons (Fsp3) is 0.368. The molecular formula is C19H24N4O2. The molecule has 1 fully saturated rings. The number of aliphatic hydroxyl groups is 1. The Kier molecular flexibility index (Phi) is 5.98. The third-order valence-electron chi connectivity index (χ3n) is 4.38. The second-order valence-corrected chi connectivity index (χ2v) is 6.34. The van der Waals surface area contributed by atoms with Gasteiger partial charge in [-0.2, -0.15) is 0 Å². The van der Waals surface area contributed by atoms with Crippen molar-refractivity contribution in [1.82, 2.24) is 20.5 Å². The van der Waals surface area contributed by atoms with Gasteiger partial charge in [0.1, 0.15) is 0 Å². The molecule has 3 N–H and O–H groups in total. The van der Waals surface area contributed by atoms with Crippen LogP contribution in [-0.4, -0.2) is 40.2 Å². The van der Waals surface area contributed by atoms with Gasteiger partial charge in [-0.05, 0) is 29.2 Å². The summed E-state index contributed by atoms with van der Waals surface area (Å²) in [5.41, 5.74) is 3.25. The number of aromatic nitrogens is 1. The van der Waals surface area contributed by atoms with Crippen LogP contribution in [0.25, 0.3) is 0 Å². The molecule has 6 heteroatoms. The van der Waals surface area contributed by atoms with Crippen LogP contribution in [0.5, 0.6) is 0 Å². The Labute approximate surface area is 147 Å². The average molecular weight is 340 g/mol. The summed E-state index contributed by atoms with van der Waals surface area (Å²) in [5, 5.41) is 15.4. The first-order valence-electron chi connectivity index (χ1n) is 8.58. The lowest BCUT2D eigenvalue weighted by atomic mass is 10.1. The van der Waals surface area contributed by atoms with Crippen LogP contribution >= 0.6 is 0 Å². The number of nitrogens with zero attached hydrogens (tertiary/aromatic N) is 2. The normalized spacial score (nSPS) is 17.4. The van der Waals surface area contributed by atoms with Gasteiger partial charge in [0, 0.05) is 45.1 Å². The molecule has 132 valence electrons. The number of hydrogen-bond donors (Lipinski definition) is 3. The highest BCUT2D eigenvalue weighted by Gasteiger charge is 2.20. The van der Waals surface area contributed by atoms with E-state index in [0.717, 1.165) is 30.6 Å². The Morgan fingerprint density at radius 1 is 1.16 bits per heavy atom. The van der Waals surface area contributed by atoms with E-state index in [4.69, 9.17) is 0 Å². The summed E-state index contributed by atoms with van der Waals surface area (Å²) in [5.74, 6) is 0. The smallest absolute Gasteiger partial charge is 0.315 e. The summed E-state index contributed by atoms with van der Waals surface area (Å²) in [6.45, 7) is 3.35. The van der Waals surface area contributed by atoms with Crippen molar-refractivity contribution in [2.24, 2.45) is 0 Å². The number of benzene rings is 1. The summed E-state index contributed by atoms with van der Waals surface area (Å²) in [6.07, 6.45) is 4.06. The molecule has 1 saturated heterocycles. The molecule has 1 aliphatic heterocycles. The predicted octanol–water partition coefficient (Wildman–Crippen LogP) is 1.65. The molecule has 25 heavy (non-hydrogen) atoms. The molecule has 1 aromatic heterocycles. The van der Waals surface area contributed by atoms with Crippen molar-refractivity contribution in [3.05, 3.63) is 65.5 Å². The minimum Gasteiger partial charge on any atom is -0.392 e. The van der Waals surface area contributed by atoms with Crippen molar-refractivity contribution < 1.29 is 9.90 Å². The monoisotopic (exact) mass is 340 g/mol.